The third-order valence-corrected chi connectivity index (χ3v) is 6.47. The first kappa shape index (κ1) is 44.2. The van der Waals surface area contributed by atoms with E-state index >= 15 is 0 Å². The second kappa shape index (κ2) is 25.2. The van der Waals surface area contributed by atoms with Gasteiger partial charge in [-0.1, -0.05) is 45.7 Å². The molecule has 1 amide bonds. The Morgan fingerprint density at radius 1 is 0.551 bits per heavy atom. The van der Waals surface area contributed by atoms with Crippen molar-refractivity contribution in [2.24, 2.45) is 16.7 Å². The quantitative estimate of drug-likeness (QED) is 0.0298. The summed E-state index contributed by atoms with van der Waals surface area (Å²) in [5.74, 6) is 1.43. The first-order valence-electron chi connectivity index (χ1n) is 15.2. The zero-order chi connectivity index (χ0) is 37.1. The van der Waals surface area contributed by atoms with Gasteiger partial charge in [-0.3, -0.25) is 10.9 Å². The lowest BCUT2D eigenvalue weighted by Gasteiger charge is -2.35. The number of unbranched alkanes of at least 4 members (excludes halogenated alkanes) is 3. The number of amides is 1. The van der Waals surface area contributed by atoms with Gasteiger partial charge in [0.15, 0.2) is 0 Å². The van der Waals surface area contributed by atoms with Gasteiger partial charge in [-0.05, 0) is 12.8 Å². The predicted octanol–water partition coefficient (Wildman–Crippen LogP) is 1.71. The van der Waals surface area contributed by atoms with Crippen LogP contribution in [0.3, 0.4) is 0 Å². The van der Waals surface area contributed by atoms with Gasteiger partial charge in [0.25, 0.3) is 0 Å². The number of hydrogen-bond acceptors (Lipinski definition) is 15. The molecule has 0 spiro atoms. The number of rotatable bonds is 28. The third kappa shape index (κ3) is 20.9. The zero-order valence-corrected chi connectivity index (χ0v) is 28.2. The van der Waals surface area contributed by atoms with Crippen molar-refractivity contribution < 1.29 is 61.9 Å². The van der Waals surface area contributed by atoms with Crippen molar-refractivity contribution in [1.82, 2.24) is 10.3 Å². The highest BCUT2D eigenvalue weighted by molar-refractivity contribution is 5.82. The van der Waals surface area contributed by atoms with Crippen molar-refractivity contribution in [3.05, 3.63) is 63.3 Å². The summed E-state index contributed by atoms with van der Waals surface area (Å²) in [4.78, 5) is 72.5. The fraction of sp³-hybridized carbons (Fsp3) is 0.515. The van der Waals surface area contributed by atoms with Crippen LogP contribution in [-0.2, 0) is 57.1 Å². The van der Waals surface area contributed by atoms with Crippen LogP contribution in [0, 0.1) is 10.8 Å². The van der Waals surface area contributed by atoms with E-state index in [9.17, 15) is 28.8 Å². The van der Waals surface area contributed by atoms with Gasteiger partial charge in [0.05, 0.1) is 24.0 Å². The second-order valence-corrected chi connectivity index (χ2v) is 10.9. The SMILES string of the molecule is C=CC(=O)OCC(COCC(COC(=O)C=C)(COC(=O)C=C)COC(=O)NCCCCCCN(C)N)(COC(=O)C=C)COC(=O)C=C. The highest BCUT2D eigenvalue weighted by Crippen LogP contribution is 2.26. The summed E-state index contributed by atoms with van der Waals surface area (Å²) in [7, 11) is 1.78. The van der Waals surface area contributed by atoms with E-state index in [1.807, 2.05) is 0 Å². The molecule has 0 fully saturated rings. The summed E-state index contributed by atoms with van der Waals surface area (Å²) in [5.41, 5.74) is -3.02. The fourth-order valence-corrected chi connectivity index (χ4v) is 3.70. The number of nitrogens with zero attached hydrogens (tertiary/aromatic N) is 1. The minimum atomic E-state index is -1.51. The second-order valence-electron chi connectivity index (χ2n) is 10.9. The topological polar surface area (TPSA) is 208 Å². The summed E-state index contributed by atoms with van der Waals surface area (Å²) in [6.07, 6.45) is 7.03. The van der Waals surface area contributed by atoms with Crippen LogP contribution in [0.2, 0.25) is 0 Å². The molecule has 0 atom stereocenters. The molecule has 0 saturated carbocycles. The van der Waals surface area contributed by atoms with Crippen LogP contribution in [0.1, 0.15) is 25.7 Å². The van der Waals surface area contributed by atoms with E-state index in [2.05, 4.69) is 38.2 Å². The summed E-state index contributed by atoms with van der Waals surface area (Å²) in [6, 6.07) is 0. The van der Waals surface area contributed by atoms with Crippen molar-refractivity contribution in [1.29, 1.82) is 0 Å². The molecule has 0 rings (SSSR count). The Labute approximate surface area is 286 Å². The lowest BCUT2D eigenvalue weighted by atomic mass is 9.90. The van der Waals surface area contributed by atoms with E-state index in [4.69, 9.17) is 39.0 Å². The van der Waals surface area contributed by atoms with Gasteiger partial charge in [-0.15, -0.1) is 0 Å². The van der Waals surface area contributed by atoms with Crippen molar-refractivity contribution in [3.8, 4) is 0 Å². The minimum Gasteiger partial charge on any atom is -0.462 e. The maximum absolute atomic E-state index is 12.6. The first-order chi connectivity index (χ1) is 23.3. The van der Waals surface area contributed by atoms with Crippen LogP contribution in [0.25, 0.3) is 0 Å². The van der Waals surface area contributed by atoms with E-state index in [0.29, 0.717) is 13.0 Å². The average Bonchev–Trinajstić information content (AvgIpc) is 3.10. The Morgan fingerprint density at radius 2 is 0.878 bits per heavy atom. The molecule has 0 aromatic heterocycles. The summed E-state index contributed by atoms with van der Waals surface area (Å²) in [5, 5.41) is 4.23. The maximum Gasteiger partial charge on any atom is 0.407 e. The van der Waals surface area contributed by atoms with Crippen LogP contribution >= 0.6 is 0 Å². The Hall–Kier alpha value is -4.80. The first-order valence-corrected chi connectivity index (χ1v) is 15.2. The molecule has 0 saturated heterocycles. The van der Waals surface area contributed by atoms with E-state index in [0.717, 1.165) is 56.2 Å². The molecule has 0 bridgehead atoms. The van der Waals surface area contributed by atoms with Crippen LogP contribution < -0.4 is 11.2 Å². The molecule has 0 aliphatic heterocycles. The molecular weight excluding hydrogens is 646 g/mol. The van der Waals surface area contributed by atoms with Gasteiger partial charge < -0.3 is 38.5 Å². The number of carbonyl (C=O) groups excluding carboxylic acids is 6. The van der Waals surface area contributed by atoms with Gasteiger partial charge in [-0.2, -0.15) is 0 Å². The molecule has 0 aliphatic carbocycles. The molecule has 0 heterocycles. The molecular formula is C33H49N3O13. The molecule has 49 heavy (non-hydrogen) atoms. The number of ether oxygens (including phenoxy) is 7. The normalized spacial score (nSPS) is 10.9. The molecule has 16 heteroatoms. The summed E-state index contributed by atoms with van der Waals surface area (Å²) >= 11 is 0. The molecule has 0 aromatic rings. The predicted molar refractivity (Wildman–Crippen MR) is 176 cm³/mol. The third-order valence-electron chi connectivity index (χ3n) is 6.47. The minimum absolute atomic E-state index is 0.316. The number of hydrazine groups is 1. The number of alkyl carbamates (subject to hydrolysis) is 1. The number of hydrogen-bond donors (Lipinski definition) is 2. The standard InChI is InChI=1S/C33H49N3O13/c1-7-26(37)44-20-32(21-45-27(38)8-2,22-46-28(39)9-3)18-43-19-33(23-47-29(40)10-4,24-48-30(41)11-5)25-49-31(42)35-16-14-12-13-15-17-36(6)34/h7-11H,1-5,12-25,34H2,6H3,(H,35,42). The highest BCUT2D eigenvalue weighted by Gasteiger charge is 2.40. The lowest BCUT2D eigenvalue weighted by Crippen LogP contribution is -2.47. The molecule has 0 aliphatic rings. The molecule has 0 radical (unpaired) electrons. The van der Waals surface area contributed by atoms with Crippen LogP contribution in [0.15, 0.2) is 63.3 Å². The monoisotopic (exact) mass is 695 g/mol. The highest BCUT2D eigenvalue weighted by atomic mass is 16.6. The van der Waals surface area contributed by atoms with E-state index in [-0.39, 0.29) is 0 Å². The Balaban J connectivity index is 6.11. The van der Waals surface area contributed by atoms with Crippen LogP contribution in [0.5, 0.6) is 0 Å². The summed E-state index contributed by atoms with van der Waals surface area (Å²) < 4.78 is 37.5. The number of carbonyl (C=O) groups is 6. The van der Waals surface area contributed by atoms with Gasteiger partial charge in [-0.25, -0.2) is 28.8 Å². The van der Waals surface area contributed by atoms with Gasteiger partial charge in [0.1, 0.15) is 39.6 Å². The maximum atomic E-state index is 12.6. The Kier molecular flexibility index (Phi) is 22.8. The van der Waals surface area contributed by atoms with Gasteiger partial charge in [0, 0.05) is 50.5 Å². The molecule has 0 unspecified atom stereocenters. The van der Waals surface area contributed by atoms with Crippen LogP contribution in [-0.4, -0.2) is 114 Å². The van der Waals surface area contributed by atoms with Gasteiger partial charge in [0.2, 0.25) is 0 Å². The fourth-order valence-electron chi connectivity index (χ4n) is 3.70. The van der Waals surface area contributed by atoms with Gasteiger partial charge >= 0.3 is 35.9 Å². The number of nitrogens with one attached hydrogen (secondary N) is 1. The van der Waals surface area contributed by atoms with E-state index in [1.165, 1.54) is 0 Å². The smallest absolute Gasteiger partial charge is 0.407 e. The lowest BCUT2D eigenvalue weighted by molar-refractivity contribution is -0.166. The van der Waals surface area contributed by atoms with Crippen molar-refractivity contribution in [2.75, 3.05) is 73.0 Å². The van der Waals surface area contributed by atoms with E-state index in [1.54, 1.807) is 12.1 Å². The Morgan fingerprint density at radius 3 is 1.20 bits per heavy atom. The van der Waals surface area contributed by atoms with E-state index < -0.39 is 99.6 Å². The molecule has 16 nitrogen and oxygen atoms in total. The number of nitrogens with two attached hydrogens (primary N) is 1. The van der Waals surface area contributed by atoms with Crippen LogP contribution in [0.4, 0.5) is 4.79 Å². The molecule has 3 N–H and O–H groups in total. The van der Waals surface area contributed by atoms with Crippen molar-refractivity contribution in [2.45, 2.75) is 25.7 Å². The van der Waals surface area contributed by atoms with Crippen molar-refractivity contribution in [3.63, 3.8) is 0 Å². The average molecular weight is 696 g/mol. The summed E-state index contributed by atoms with van der Waals surface area (Å²) in [6.45, 7) is 14.0. The number of esters is 5. The zero-order valence-electron chi connectivity index (χ0n) is 28.2. The Bertz CT molecular complexity index is 1070. The largest absolute Gasteiger partial charge is 0.462 e. The molecule has 0 aromatic carbocycles. The molecule has 274 valence electrons. The van der Waals surface area contributed by atoms with Crippen molar-refractivity contribution >= 4 is 35.9 Å².